The Bertz CT molecular complexity index is 1700. The molecule has 182 valence electrons. The number of halogens is 1. The molecule has 0 bridgehead atoms. The maximum atomic E-state index is 15.7. The van der Waals surface area contributed by atoms with Crippen LogP contribution in [0.5, 0.6) is 5.75 Å². The largest absolute Gasteiger partial charge is 0.495 e. The molecular formula is C27H25FN6O2. The van der Waals surface area contributed by atoms with Crippen LogP contribution in [0.3, 0.4) is 0 Å². The zero-order valence-corrected chi connectivity index (χ0v) is 19.9. The number of aromatic nitrogens is 4. The molecule has 1 saturated carbocycles. The summed E-state index contributed by atoms with van der Waals surface area (Å²) in [6.07, 6.45) is 6.35. The van der Waals surface area contributed by atoms with Crippen LogP contribution in [0.25, 0.3) is 38.6 Å². The van der Waals surface area contributed by atoms with E-state index in [9.17, 15) is 4.79 Å². The van der Waals surface area contributed by atoms with E-state index in [0.717, 1.165) is 12.8 Å². The second-order valence-electron chi connectivity index (χ2n) is 9.71. The molecule has 36 heavy (non-hydrogen) atoms. The van der Waals surface area contributed by atoms with E-state index < -0.39 is 5.82 Å². The highest BCUT2D eigenvalue weighted by Crippen LogP contribution is 2.44. The molecule has 1 aliphatic rings. The number of benzene rings is 2. The second-order valence-corrected chi connectivity index (χ2v) is 9.71. The standard InChI is InChI=1S/C27H25FN6O2/c1-27(30)10-16(11-27)33-12-20(23-24(29)31-14-32-25(23)33)17-8-19-18(9-21(17)28)22(36-2)13-34(26(19)35)15-6-4-3-5-7-15/h3-9,12-14,16H,10-11,30H2,1-2H3,(H2,29,31,32). The minimum atomic E-state index is -0.503. The lowest BCUT2D eigenvalue weighted by Crippen LogP contribution is -2.49. The third kappa shape index (κ3) is 3.35. The van der Waals surface area contributed by atoms with E-state index in [1.807, 2.05) is 48.0 Å². The van der Waals surface area contributed by atoms with E-state index >= 15 is 4.39 Å². The van der Waals surface area contributed by atoms with E-state index in [2.05, 4.69) is 9.97 Å². The monoisotopic (exact) mass is 484 g/mol. The lowest BCUT2D eigenvalue weighted by molar-refractivity contribution is 0.176. The summed E-state index contributed by atoms with van der Waals surface area (Å²) in [5, 5.41) is 1.26. The van der Waals surface area contributed by atoms with Crippen LogP contribution in [-0.2, 0) is 0 Å². The van der Waals surface area contributed by atoms with Gasteiger partial charge in [0.05, 0.1) is 24.1 Å². The summed E-state index contributed by atoms with van der Waals surface area (Å²) < 4.78 is 24.7. The van der Waals surface area contributed by atoms with Gasteiger partial charge in [0.2, 0.25) is 0 Å². The van der Waals surface area contributed by atoms with Crippen LogP contribution in [0.4, 0.5) is 10.2 Å². The van der Waals surface area contributed by atoms with E-state index in [-0.39, 0.29) is 28.5 Å². The van der Waals surface area contributed by atoms with Gasteiger partial charge in [-0.3, -0.25) is 9.36 Å². The minimum Gasteiger partial charge on any atom is -0.495 e. The molecule has 0 saturated heterocycles. The Morgan fingerprint density at radius 2 is 1.83 bits per heavy atom. The van der Waals surface area contributed by atoms with E-state index in [0.29, 0.717) is 38.8 Å². The number of rotatable bonds is 4. The number of hydrogen-bond donors (Lipinski definition) is 2. The average molecular weight is 485 g/mol. The van der Waals surface area contributed by atoms with Crippen molar-refractivity contribution in [2.75, 3.05) is 12.8 Å². The Morgan fingerprint density at radius 1 is 1.08 bits per heavy atom. The molecule has 1 fully saturated rings. The fourth-order valence-corrected chi connectivity index (χ4v) is 5.28. The number of pyridine rings is 1. The SMILES string of the molecule is COc1cn(-c2ccccc2)c(=O)c2cc(-c3cn(C4CC(C)(N)C4)c4ncnc(N)c34)c(F)cc12. The maximum Gasteiger partial charge on any atom is 0.263 e. The molecule has 5 aromatic rings. The number of nitrogen functional groups attached to an aromatic ring is 1. The molecule has 6 rings (SSSR count). The third-order valence-corrected chi connectivity index (χ3v) is 7.05. The predicted molar refractivity (Wildman–Crippen MR) is 138 cm³/mol. The first-order chi connectivity index (χ1) is 17.3. The molecule has 0 radical (unpaired) electrons. The van der Waals surface area contributed by atoms with Crippen molar-refractivity contribution in [2.45, 2.75) is 31.3 Å². The lowest BCUT2D eigenvalue weighted by atomic mass is 9.75. The zero-order valence-electron chi connectivity index (χ0n) is 19.9. The number of nitrogens with two attached hydrogens (primary N) is 2. The van der Waals surface area contributed by atoms with Crippen LogP contribution in [0.2, 0.25) is 0 Å². The van der Waals surface area contributed by atoms with E-state index in [1.54, 1.807) is 12.3 Å². The van der Waals surface area contributed by atoms with Gasteiger partial charge in [0, 0.05) is 40.0 Å². The van der Waals surface area contributed by atoms with Gasteiger partial charge in [-0.1, -0.05) is 18.2 Å². The Hall–Kier alpha value is -4.24. The molecule has 0 amide bonds. The first kappa shape index (κ1) is 22.2. The van der Waals surface area contributed by atoms with Gasteiger partial charge in [-0.2, -0.15) is 0 Å². The summed E-state index contributed by atoms with van der Waals surface area (Å²) in [6.45, 7) is 2.01. The van der Waals surface area contributed by atoms with Gasteiger partial charge in [-0.05, 0) is 44.0 Å². The molecule has 9 heteroatoms. The summed E-state index contributed by atoms with van der Waals surface area (Å²) in [5.41, 5.74) is 14.0. The summed E-state index contributed by atoms with van der Waals surface area (Å²) in [5.74, 6) is 0.133. The summed E-state index contributed by atoms with van der Waals surface area (Å²) in [6, 6.07) is 12.2. The zero-order chi connectivity index (χ0) is 25.2. The van der Waals surface area contributed by atoms with Crippen LogP contribution in [0.15, 0.2) is 66.0 Å². The van der Waals surface area contributed by atoms with Crippen LogP contribution in [0, 0.1) is 5.82 Å². The smallest absolute Gasteiger partial charge is 0.263 e. The molecule has 1 aliphatic carbocycles. The molecule has 3 heterocycles. The highest BCUT2D eigenvalue weighted by atomic mass is 19.1. The topological polar surface area (TPSA) is 114 Å². The molecule has 2 aromatic carbocycles. The minimum absolute atomic E-state index is 0.115. The summed E-state index contributed by atoms with van der Waals surface area (Å²) in [7, 11) is 1.50. The summed E-state index contributed by atoms with van der Waals surface area (Å²) >= 11 is 0. The van der Waals surface area contributed by atoms with Crippen LogP contribution < -0.4 is 21.8 Å². The van der Waals surface area contributed by atoms with Crippen molar-refractivity contribution in [3.05, 3.63) is 77.4 Å². The van der Waals surface area contributed by atoms with Gasteiger partial charge in [-0.15, -0.1) is 0 Å². The average Bonchev–Trinajstić information content (AvgIpc) is 3.23. The second kappa shape index (κ2) is 7.89. The van der Waals surface area contributed by atoms with Crippen LogP contribution >= 0.6 is 0 Å². The van der Waals surface area contributed by atoms with Crippen molar-refractivity contribution in [3.63, 3.8) is 0 Å². The van der Waals surface area contributed by atoms with Crippen molar-refractivity contribution < 1.29 is 9.13 Å². The first-order valence-corrected chi connectivity index (χ1v) is 11.7. The molecule has 0 atom stereocenters. The Morgan fingerprint density at radius 3 is 2.53 bits per heavy atom. The normalized spacial score (nSPS) is 19.5. The number of hydrogen-bond acceptors (Lipinski definition) is 6. The van der Waals surface area contributed by atoms with Gasteiger partial charge in [0.25, 0.3) is 5.56 Å². The maximum absolute atomic E-state index is 15.7. The van der Waals surface area contributed by atoms with E-state index in [4.69, 9.17) is 16.2 Å². The summed E-state index contributed by atoms with van der Waals surface area (Å²) in [4.78, 5) is 22.2. The fraction of sp³-hybridized carbons (Fsp3) is 0.222. The molecule has 0 aliphatic heterocycles. The van der Waals surface area contributed by atoms with Crippen molar-refractivity contribution >= 4 is 27.6 Å². The number of para-hydroxylation sites is 1. The van der Waals surface area contributed by atoms with Gasteiger partial charge in [-0.25, -0.2) is 14.4 Å². The highest BCUT2D eigenvalue weighted by molar-refractivity contribution is 6.03. The Labute approximate surface area is 206 Å². The highest BCUT2D eigenvalue weighted by Gasteiger charge is 2.39. The lowest BCUT2D eigenvalue weighted by Gasteiger charge is -2.43. The van der Waals surface area contributed by atoms with Crippen molar-refractivity contribution in [1.29, 1.82) is 0 Å². The van der Waals surface area contributed by atoms with Gasteiger partial charge < -0.3 is 20.8 Å². The number of fused-ring (bicyclic) bond motifs is 2. The van der Waals surface area contributed by atoms with Crippen molar-refractivity contribution in [2.24, 2.45) is 5.73 Å². The number of anilines is 1. The quantitative estimate of drug-likeness (QED) is 0.396. The molecule has 0 spiro atoms. The first-order valence-electron chi connectivity index (χ1n) is 11.7. The van der Waals surface area contributed by atoms with Crippen molar-refractivity contribution in [1.82, 2.24) is 19.1 Å². The molecule has 8 nitrogen and oxygen atoms in total. The van der Waals surface area contributed by atoms with Crippen LogP contribution in [0.1, 0.15) is 25.8 Å². The number of ether oxygens (including phenoxy) is 1. The molecule has 0 unspecified atom stereocenters. The van der Waals surface area contributed by atoms with Gasteiger partial charge in [0.15, 0.2) is 0 Å². The van der Waals surface area contributed by atoms with Gasteiger partial charge in [0.1, 0.15) is 29.4 Å². The fourth-order valence-electron chi connectivity index (χ4n) is 5.28. The van der Waals surface area contributed by atoms with Crippen molar-refractivity contribution in [3.8, 4) is 22.6 Å². The number of nitrogens with zero attached hydrogens (tertiary/aromatic N) is 4. The predicted octanol–water partition coefficient (Wildman–Crippen LogP) is 4.18. The Kier molecular flexibility index (Phi) is 4.87. The van der Waals surface area contributed by atoms with E-state index in [1.165, 1.54) is 24.1 Å². The number of methoxy groups -OCH3 is 1. The molecular weight excluding hydrogens is 459 g/mol. The van der Waals surface area contributed by atoms with Gasteiger partial charge >= 0.3 is 0 Å². The molecule has 3 aromatic heterocycles. The Balaban J connectivity index is 1.62. The van der Waals surface area contributed by atoms with Crippen LogP contribution in [-0.4, -0.2) is 31.8 Å². The molecule has 4 N–H and O–H groups in total. The third-order valence-electron chi connectivity index (χ3n) is 7.05.